The van der Waals surface area contributed by atoms with Crippen LogP contribution < -0.4 is 5.32 Å². The van der Waals surface area contributed by atoms with E-state index >= 15 is 0 Å². The van der Waals surface area contributed by atoms with E-state index in [-0.39, 0.29) is 0 Å². The van der Waals surface area contributed by atoms with Crippen molar-refractivity contribution in [2.24, 2.45) is 0 Å². The second kappa shape index (κ2) is 6.44. The number of imidazole rings is 1. The average molecular weight is 283 g/mol. The van der Waals surface area contributed by atoms with E-state index in [0.717, 1.165) is 38.8 Å². The van der Waals surface area contributed by atoms with E-state index < -0.39 is 0 Å². The molecular formula is C18H25N3. The predicted molar refractivity (Wildman–Crippen MR) is 87.0 cm³/mol. The van der Waals surface area contributed by atoms with Gasteiger partial charge in [0.15, 0.2) is 0 Å². The standard InChI is InChI=1S/C18H25N3/c1-3-7-14-9-5-6-10-16(14)21-17-11-12-19-13-15(17)20-18(21)8-4-2/h5-6,9-10,19H,3-4,7-8,11-13H2,1-2H3. The average Bonchev–Trinajstić information content (AvgIpc) is 2.86. The molecule has 3 nitrogen and oxygen atoms in total. The maximum absolute atomic E-state index is 4.92. The quantitative estimate of drug-likeness (QED) is 0.911. The van der Waals surface area contributed by atoms with Crippen LogP contribution >= 0.6 is 0 Å². The van der Waals surface area contributed by atoms with E-state index in [1.165, 1.54) is 34.9 Å². The Morgan fingerprint density at radius 1 is 1.14 bits per heavy atom. The lowest BCUT2D eigenvalue weighted by Crippen LogP contribution is -2.25. The summed E-state index contributed by atoms with van der Waals surface area (Å²) in [5.41, 5.74) is 5.45. The zero-order valence-corrected chi connectivity index (χ0v) is 13.2. The van der Waals surface area contributed by atoms with E-state index in [2.05, 4.69) is 48.0 Å². The van der Waals surface area contributed by atoms with Crippen LogP contribution in [0.3, 0.4) is 0 Å². The Kier molecular flexibility index (Phi) is 4.39. The van der Waals surface area contributed by atoms with Crippen LogP contribution in [0.4, 0.5) is 0 Å². The Morgan fingerprint density at radius 2 is 1.95 bits per heavy atom. The number of benzene rings is 1. The van der Waals surface area contributed by atoms with Crippen LogP contribution in [0.25, 0.3) is 5.69 Å². The molecular weight excluding hydrogens is 258 g/mol. The third kappa shape index (κ3) is 2.75. The van der Waals surface area contributed by atoms with Crippen molar-refractivity contribution in [1.29, 1.82) is 0 Å². The van der Waals surface area contributed by atoms with Gasteiger partial charge in [-0.3, -0.25) is 0 Å². The molecule has 3 rings (SSSR count). The van der Waals surface area contributed by atoms with Gasteiger partial charge in [-0.05, 0) is 24.5 Å². The lowest BCUT2D eigenvalue weighted by atomic mass is 10.1. The van der Waals surface area contributed by atoms with Crippen LogP contribution in [0.15, 0.2) is 24.3 Å². The third-order valence-corrected chi connectivity index (χ3v) is 4.18. The van der Waals surface area contributed by atoms with Crippen LogP contribution in [-0.4, -0.2) is 16.1 Å². The number of hydrogen-bond acceptors (Lipinski definition) is 2. The van der Waals surface area contributed by atoms with Crippen molar-refractivity contribution in [1.82, 2.24) is 14.9 Å². The predicted octanol–water partition coefficient (Wildman–Crippen LogP) is 3.42. The van der Waals surface area contributed by atoms with Crippen LogP contribution in [-0.2, 0) is 25.8 Å². The summed E-state index contributed by atoms with van der Waals surface area (Å²) >= 11 is 0. The van der Waals surface area contributed by atoms with Gasteiger partial charge in [-0.2, -0.15) is 0 Å². The zero-order valence-electron chi connectivity index (χ0n) is 13.2. The largest absolute Gasteiger partial charge is 0.311 e. The number of nitrogens with zero attached hydrogens (tertiary/aromatic N) is 2. The number of rotatable bonds is 5. The summed E-state index contributed by atoms with van der Waals surface area (Å²) in [6.07, 6.45) is 5.57. The maximum Gasteiger partial charge on any atom is 0.113 e. The van der Waals surface area contributed by atoms with Gasteiger partial charge in [0.05, 0.1) is 11.4 Å². The van der Waals surface area contributed by atoms with E-state index in [1.807, 2.05) is 0 Å². The number of hydrogen-bond donors (Lipinski definition) is 1. The van der Waals surface area contributed by atoms with E-state index in [9.17, 15) is 0 Å². The van der Waals surface area contributed by atoms with Gasteiger partial charge in [-0.1, -0.05) is 38.5 Å². The number of aryl methyl sites for hydroxylation is 2. The molecule has 21 heavy (non-hydrogen) atoms. The molecule has 0 unspecified atom stereocenters. The summed E-state index contributed by atoms with van der Waals surface area (Å²) < 4.78 is 2.45. The highest BCUT2D eigenvalue weighted by molar-refractivity contribution is 5.45. The molecule has 2 aromatic rings. The Labute approximate surface area is 127 Å². The number of fused-ring (bicyclic) bond motifs is 1. The summed E-state index contributed by atoms with van der Waals surface area (Å²) in [4.78, 5) is 4.92. The normalized spacial score (nSPS) is 14.2. The van der Waals surface area contributed by atoms with Gasteiger partial charge >= 0.3 is 0 Å². The minimum absolute atomic E-state index is 0.912. The Balaban J connectivity index is 2.14. The fourth-order valence-electron chi connectivity index (χ4n) is 3.25. The molecule has 0 aliphatic carbocycles. The number of para-hydroxylation sites is 1. The van der Waals surface area contributed by atoms with Crippen molar-refractivity contribution in [2.45, 2.75) is 52.5 Å². The number of aromatic nitrogens is 2. The van der Waals surface area contributed by atoms with Crippen molar-refractivity contribution in [2.75, 3.05) is 6.54 Å². The summed E-state index contributed by atoms with van der Waals surface area (Å²) in [6, 6.07) is 8.83. The molecule has 1 aliphatic heterocycles. The second-order valence-corrected chi connectivity index (χ2v) is 5.81. The van der Waals surface area contributed by atoms with Crippen molar-refractivity contribution in [3.8, 4) is 5.69 Å². The van der Waals surface area contributed by atoms with Gasteiger partial charge in [0.25, 0.3) is 0 Å². The molecule has 0 saturated carbocycles. The zero-order chi connectivity index (χ0) is 14.7. The molecule has 1 N–H and O–H groups in total. The third-order valence-electron chi connectivity index (χ3n) is 4.18. The second-order valence-electron chi connectivity index (χ2n) is 5.81. The lowest BCUT2D eigenvalue weighted by Gasteiger charge is -2.18. The topological polar surface area (TPSA) is 29.9 Å². The van der Waals surface area contributed by atoms with Gasteiger partial charge in [-0.15, -0.1) is 0 Å². The van der Waals surface area contributed by atoms with Gasteiger partial charge in [0.1, 0.15) is 5.82 Å². The van der Waals surface area contributed by atoms with Crippen LogP contribution in [0.1, 0.15) is 49.5 Å². The monoisotopic (exact) mass is 283 g/mol. The van der Waals surface area contributed by atoms with Crippen molar-refractivity contribution >= 4 is 0 Å². The molecule has 1 aliphatic rings. The lowest BCUT2D eigenvalue weighted by molar-refractivity contribution is 0.619. The smallest absolute Gasteiger partial charge is 0.113 e. The Hall–Kier alpha value is -1.61. The highest BCUT2D eigenvalue weighted by Crippen LogP contribution is 2.25. The first-order valence-electron chi connectivity index (χ1n) is 8.23. The molecule has 0 atom stereocenters. The van der Waals surface area contributed by atoms with E-state index in [4.69, 9.17) is 4.98 Å². The van der Waals surface area contributed by atoms with Crippen LogP contribution in [0.2, 0.25) is 0 Å². The van der Waals surface area contributed by atoms with Crippen molar-refractivity contribution in [3.05, 3.63) is 47.0 Å². The molecule has 0 amide bonds. The molecule has 1 aromatic heterocycles. The highest BCUT2D eigenvalue weighted by atomic mass is 15.1. The van der Waals surface area contributed by atoms with Crippen LogP contribution in [0, 0.1) is 0 Å². The van der Waals surface area contributed by atoms with Gasteiger partial charge in [0, 0.05) is 31.6 Å². The Morgan fingerprint density at radius 3 is 2.76 bits per heavy atom. The maximum atomic E-state index is 4.92. The molecule has 0 saturated heterocycles. The fourth-order valence-corrected chi connectivity index (χ4v) is 3.25. The van der Waals surface area contributed by atoms with Gasteiger partial charge in [0.2, 0.25) is 0 Å². The molecule has 0 radical (unpaired) electrons. The minimum Gasteiger partial charge on any atom is -0.311 e. The van der Waals surface area contributed by atoms with Crippen LogP contribution in [0.5, 0.6) is 0 Å². The van der Waals surface area contributed by atoms with E-state index in [0.29, 0.717) is 0 Å². The molecule has 0 fully saturated rings. The summed E-state index contributed by atoms with van der Waals surface area (Å²) in [5.74, 6) is 1.23. The fraction of sp³-hybridized carbons (Fsp3) is 0.500. The highest BCUT2D eigenvalue weighted by Gasteiger charge is 2.21. The first-order chi connectivity index (χ1) is 10.3. The molecule has 3 heteroatoms. The first kappa shape index (κ1) is 14.3. The van der Waals surface area contributed by atoms with Crippen molar-refractivity contribution < 1.29 is 0 Å². The SMILES string of the molecule is CCCc1ccccc1-n1c(CCC)nc2c1CCNC2. The van der Waals surface area contributed by atoms with Gasteiger partial charge < -0.3 is 9.88 Å². The summed E-state index contributed by atoms with van der Waals surface area (Å²) in [7, 11) is 0. The molecule has 1 aromatic carbocycles. The summed E-state index contributed by atoms with van der Waals surface area (Å²) in [6.45, 7) is 6.44. The van der Waals surface area contributed by atoms with Crippen molar-refractivity contribution in [3.63, 3.8) is 0 Å². The summed E-state index contributed by atoms with van der Waals surface area (Å²) in [5, 5.41) is 3.44. The molecule has 112 valence electrons. The number of nitrogens with one attached hydrogen (secondary N) is 1. The Bertz CT molecular complexity index is 613. The van der Waals surface area contributed by atoms with Gasteiger partial charge in [-0.25, -0.2) is 4.98 Å². The van der Waals surface area contributed by atoms with E-state index in [1.54, 1.807) is 0 Å². The minimum atomic E-state index is 0.912. The molecule has 2 heterocycles. The first-order valence-corrected chi connectivity index (χ1v) is 8.23. The molecule has 0 bridgehead atoms. The molecule has 0 spiro atoms.